The summed E-state index contributed by atoms with van der Waals surface area (Å²) in [6.45, 7) is 1.01. The zero-order valence-electron chi connectivity index (χ0n) is 10.4. The largest absolute Gasteiger partial charge is 0.491 e. The molecule has 116 valence electrons. The third kappa shape index (κ3) is 2.39. The fourth-order valence-electron chi connectivity index (χ4n) is 1.96. The van der Waals surface area contributed by atoms with E-state index in [4.69, 9.17) is 0 Å². The first-order valence-electron chi connectivity index (χ1n) is 5.48. The van der Waals surface area contributed by atoms with Gasteiger partial charge in [-0.2, -0.15) is 26.3 Å². The molecule has 0 spiro atoms. The van der Waals surface area contributed by atoms with E-state index in [2.05, 4.69) is 4.18 Å². The molecular formula is C12H8F6O2S. The van der Waals surface area contributed by atoms with Crippen LogP contribution in [0.25, 0.3) is 6.08 Å². The summed E-state index contributed by atoms with van der Waals surface area (Å²) in [5, 5.41) is 0. The van der Waals surface area contributed by atoms with Crippen molar-refractivity contribution in [1.29, 1.82) is 0 Å². The quantitative estimate of drug-likeness (QED) is 0.694. The van der Waals surface area contributed by atoms with E-state index in [1.807, 2.05) is 0 Å². The summed E-state index contributed by atoms with van der Waals surface area (Å²) in [6, 6.07) is 5.04. The van der Waals surface area contributed by atoms with E-state index in [1.54, 1.807) is 0 Å². The lowest BCUT2D eigenvalue weighted by molar-refractivity contribution is -0.189. The van der Waals surface area contributed by atoms with Crippen LogP contribution in [0.5, 0.6) is 0 Å². The first-order valence-corrected chi connectivity index (χ1v) is 7.03. The molecule has 0 aromatic heterocycles. The van der Waals surface area contributed by atoms with E-state index in [0.29, 0.717) is 0 Å². The lowest BCUT2D eigenvalue weighted by Crippen LogP contribution is -2.32. The summed E-state index contributed by atoms with van der Waals surface area (Å²) in [7, 11) is -4.51. The molecule has 0 saturated heterocycles. The van der Waals surface area contributed by atoms with Crippen LogP contribution in [0.4, 0.5) is 26.3 Å². The number of hydrogen-bond acceptors (Lipinski definition) is 2. The van der Waals surface area contributed by atoms with Gasteiger partial charge in [-0.15, -0.1) is 0 Å². The maximum atomic E-state index is 13.4. The molecule has 9 heteroatoms. The highest BCUT2D eigenvalue weighted by molar-refractivity contribution is 8.34. The predicted molar refractivity (Wildman–Crippen MR) is 64.2 cm³/mol. The molecule has 1 heterocycles. The molecule has 0 bridgehead atoms. The highest BCUT2D eigenvalue weighted by Crippen LogP contribution is 2.77. The standard InChI is InChI=1S/C12H8F6O2S/c1-7-6-8-4-2-3-5-9(8)21(7,12(16,17)18)20-10(19)11(13,14)15/h2-6H,1H3. The Morgan fingerprint density at radius 2 is 1.67 bits per heavy atom. The van der Waals surface area contributed by atoms with Crippen molar-refractivity contribution in [3.8, 4) is 0 Å². The van der Waals surface area contributed by atoms with Gasteiger partial charge in [0.2, 0.25) is 0 Å². The second-order valence-electron chi connectivity index (χ2n) is 4.16. The maximum absolute atomic E-state index is 13.4. The van der Waals surface area contributed by atoms with Gasteiger partial charge >= 0.3 is 17.7 Å². The molecule has 0 aliphatic carbocycles. The Kier molecular flexibility index (Phi) is 3.51. The van der Waals surface area contributed by atoms with E-state index in [-0.39, 0.29) is 5.56 Å². The lowest BCUT2D eigenvalue weighted by Gasteiger charge is -2.38. The van der Waals surface area contributed by atoms with Crippen molar-refractivity contribution in [2.24, 2.45) is 0 Å². The first-order chi connectivity index (χ1) is 9.50. The summed E-state index contributed by atoms with van der Waals surface area (Å²) in [4.78, 5) is 10.1. The smallest absolute Gasteiger partial charge is 0.392 e. The molecule has 0 saturated carbocycles. The highest BCUT2D eigenvalue weighted by Gasteiger charge is 2.61. The number of rotatable bonds is 1. The van der Waals surface area contributed by atoms with Gasteiger partial charge < -0.3 is 4.18 Å². The summed E-state index contributed by atoms with van der Waals surface area (Å²) in [5.41, 5.74) is -5.04. The van der Waals surface area contributed by atoms with Crippen LogP contribution in [-0.4, -0.2) is 17.7 Å². The molecular weight excluding hydrogens is 322 g/mol. The second kappa shape index (κ2) is 4.69. The van der Waals surface area contributed by atoms with E-state index in [9.17, 15) is 31.1 Å². The number of carbonyl (C=O) groups excluding carboxylic acids is 1. The Hall–Kier alpha value is -1.64. The summed E-state index contributed by atoms with van der Waals surface area (Å²) < 4.78 is 81.3. The number of allylic oxidation sites excluding steroid dienone is 1. The third-order valence-corrected chi connectivity index (χ3v) is 5.87. The van der Waals surface area contributed by atoms with Gasteiger partial charge in [-0.1, -0.05) is 18.2 Å². The van der Waals surface area contributed by atoms with Crippen LogP contribution in [0.1, 0.15) is 12.5 Å². The average molecular weight is 330 g/mol. The van der Waals surface area contributed by atoms with E-state index < -0.39 is 37.8 Å². The third-order valence-electron chi connectivity index (χ3n) is 2.80. The van der Waals surface area contributed by atoms with Gasteiger partial charge in [-0.3, -0.25) is 0 Å². The van der Waals surface area contributed by atoms with Crippen LogP contribution in [0.2, 0.25) is 0 Å². The minimum atomic E-state index is -5.50. The molecule has 0 N–H and O–H groups in total. The minimum Gasteiger partial charge on any atom is -0.392 e. The van der Waals surface area contributed by atoms with Gasteiger partial charge in [0, 0.05) is 9.80 Å². The first kappa shape index (κ1) is 15.7. The van der Waals surface area contributed by atoms with Crippen LogP contribution in [0.3, 0.4) is 0 Å². The summed E-state index contributed by atoms with van der Waals surface area (Å²) >= 11 is 0. The highest BCUT2D eigenvalue weighted by atomic mass is 32.3. The monoisotopic (exact) mass is 330 g/mol. The molecule has 1 aliphatic heterocycles. The van der Waals surface area contributed by atoms with Crippen LogP contribution < -0.4 is 0 Å². The fraction of sp³-hybridized carbons (Fsp3) is 0.250. The molecule has 1 aliphatic rings. The topological polar surface area (TPSA) is 26.3 Å². The average Bonchev–Trinajstić information content (AvgIpc) is 2.61. The zero-order chi connectivity index (χ0) is 16.1. The van der Waals surface area contributed by atoms with Crippen LogP contribution in [-0.2, 0) is 8.98 Å². The van der Waals surface area contributed by atoms with E-state index >= 15 is 0 Å². The van der Waals surface area contributed by atoms with Crippen molar-refractivity contribution in [1.82, 2.24) is 0 Å². The molecule has 0 fully saturated rings. The molecule has 2 nitrogen and oxygen atoms in total. The number of carbonyl (C=O) groups is 1. The lowest BCUT2D eigenvalue weighted by atomic mass is 10.2. The summed E-state index contributed by atoms with van der Waals surface area (Å²) in [6.07, 6.45) is -4.41. The van der Waals surface area contributed by atoms with Crippen molar-refractivity contribution in [3.63, 3.8) is 0 Å². The zero-order valence-corrected chi connectivity index (χ0v) is 11.2. The van der Waals surface area contributed by atoms with Gasteiger partial charge in [0.25, 0.3) is 0 Å². The predicted octanol–water partition coefficient (Wildman–Crippen LogP) is 4.76. The Morgan fingerprint density at radius 1 is 1.10 bits per heavy atom. The molecule has 21 heavy (non-hydrogen) atoms. The molecule has 1 atom stereocenters. The van der Waals surface area contributed by atoms with Gasteiger partial charge in [-0.25, -0.2) is 4.79 Å². The van der Waals surface area contributed by atoms with Crippen molar-refractivity contribution < 1.29 is 35.3 Å². The van der Waals surface area contributed by atoms with Crippen LogP contribution in [0, 0.1) is 0 Å². The van der Waals surface area contributed by atoms with Crippen molar-refractivity contribution in [3.05, 3.63) is 34.7 Å². The Labute approximate surface area is 116 Å². The van der Waals surface area contributed by atoms with Gasteiger partial charge in [0.1, 0.15) is 0 Å². The number of halogens is 6. The number of hydrogen-bond donors (Lipinski definition) is 0. The Morgan fingerprint density at radius 3 is 2.19 bits per heavy atom. The number of benzene rings is 1. The molecule has 0 amide bonds. The Balaban J connectivity index is 2.61. The molecule has 1 unspecified atom stereocenters. The minimum absolute atomic E-state index is 0.0947. The van der Waals surface area contributed by atoms with Gasteiger partial charge in [0.05, 0.1) is 10.3 Å². The Bertz CT molecular complexity index is 619. The molecule has 1 aromatic carbocycles. The molecule has 1 aromatic rings. The van der Waals surface area contributed by atoms with Crippen LogP contribution >= 0.6 is 10.3 Å². The summed E-state index contributed by atoms with van der Waals surface area (Å²) in [5.74, 6) is -2.85. The fourth-order valence-corrected chi connectivity index (χ4v) is 4.58. The normalized spacial score (nSPS) is 24.8. The number of alkyl halides is 6. The van der Waals surface area contributed by atoms with Gasteiger partial charge in [-0.05, 0) is 24.6 Å². The van der Waals surface area contributed by atoms with Crippen molar-refractivity contribution in [2.45, 2.75) is 23.5 Å². The van der Waals surface area contributed by atoms with Gasteiger partial charge in [0.15, 0.2) is 0 Å². The van der Waals surface area contributed by atoms with E-state index in [1.165, 1.54) is 18.2 Å². The van der Waals surface area contributed by atoms with Crippen molar-refractivity contribution in [2.75, 3.05) is 0 Å². The van der Waals surface area contributed by atoms with E-state index in [0.717, 1.165) is 19.1 Å². The SMILES string of the molecule is CC1=Cc2ccccc2S1(OC(=O)C(F)(F)F)C(F)(F)F. The molecule has 2 rings (SSSR count). The van der Waals surface area contributed by atoms with Crippen molar-refractivity contribution >= 4 is 22.4 Å². The second-order valence-corrected chi connectivity index (χ2v) is 6.99. The van der Waals surface area contributed by atoms with Crippen LogP contribution in [0.15, 0.2) is 34.1 Å². The number of fused-ring (bicyclic) bond motifs is 1. The maximum Gasteiger partial charge on any atom is 0.491 e. The molecule has 0 radical (unpaired) electrons.